The second-order valence-corrected chi connectivity index (χ2v) is 7.72. The molecule has 2 atom stereocenters. The second kappa shape index (κ2) is 10.7. The number of amides is 1. The Labute approximate surface area is 180 Å². The summed E-state index contributed by atoms with van der Waals surface area (Å²) >= 11 is 1.35. The molecule has 3 aromatic rings. The van der Waals surface area contributed by atoms with Gasteiger partial charge in [0.15, 0.2) is 5.13 Å². The number of hydrogen-bond donors (Lipinski definition) is 1. The van der Waals surface area contributed by atoms with Crippen LogP contribution < -0.4 is 14.8 Å². The number of thiazole rings is 1. The maximum absolute atomic E-state index is 12.7. The molecule has 1 aromatic carbocycles. The van der Waals surface area contributed by atoms with Crippen LogP contribution in [-0.2, 0) is 11.2 Å². The number of carbonyl (C=O) groups is 1. The number of nitrogens with zero attached hydrogens (tertiary/aromatic N) is 2. The lowest BCUT2D eigenvalue weighted by molar-refractivity contribution is 0.0875. The first-order chi connectivity index (χ1) is 14.5. The molecule has 2 aromatic heterocycles. The van der Waals surface area contributed by atoms with Crippen LogP contribution in [-0.4, -0.2) is 41.8 Å². The number of aromatic nitrogens is 2. The highest BCUT2D eigenvalue weighted by atomic mass is 32.1. The van der Waals surface area contributed by atoms with E-state index in [4.69, 9.17) is 14.2 Å². The second-order valence-electron chi connectivity index (χ2n) is 6.83. The smallest absolute Gasteiger partial charge is 0.257 e. The van der Waals surface area contributed by atoms with E-state index in [0.717, 1.165) is 5.56 Å². The highest BCUT2D eigenvalue weighted by Crippen LogP contribution is 2.22. The summed E-state index contributed by atoms with van der Waals surface area (Å²) in [4.78, 5) is 21.2. The first kappa shape index (κ1) is 21.7. The minimum atomic E-state index is -0.308. The molecule has 0 fully saturated rings. The zero-order valence-corrected chi connectivity index (χ0v) is 18.0. The summed E-state index contributed by atoms with van der Waals surface area (Å²) in [5.41, 5.74) is 1.54. The highest BCUT2D eigenvalue weighted by molar-refractivity contribution is 7.13. The lowest BCUT2D eigenvalue weighted by Gasteiger charge is -2.17. The number of hydrogen-bond acceptors (Lipinski definition) is 7. The Kier molecular flexibility index (Phi) is 7.75. The topological polar surface area (TPSA) is 82.6 Å². The third-order valence-corrected chi connectivity index (χ3v) is 4.79. The molecule has 1 N–H and O–H groups in total. The van der Waals surface area contributed by atoms with Gasteiger partial charge in [-0.3, -0.25) is 10.1 Å². The fourth-order valence-electron chi connectivity index (χ4n) is 2.86. The predicted octanol–water partition coefficient (Wildman–Crippen LogP) is 4.21. The number of pyridine rings is 1. The molecule has 3 rings (SSSR count). The molecule has 2 heterocycles. The van der Waals surface area contributed by atoms with Gasteiger partial charge in [0, 0.05) is 37.2 Å². The van der Waals surface area contributed by atoms with Crippen LogP contribution in [0, 0.1) is 0 Å². The van der Waals surface area contributed by atoms with Gasteiger partial charge in [0.05, 0.1) is 12.2 Å². The largest absolute Gasteiger partial charge is 0.474 e. The van der Waals surface area contributed by atoms with Crippen LogP contribution in [0.1, 0.15) is 29.8 Å². The quantitative estimate of drug-likeness (QED) is 0.522. The Morgan fingerprint density at radius 2 is 1.80 bits per heavy atom. The van der Waals surface area contributed by atoms with Crippen LogP contribution in [0.3, 0.4) is 0 Å². The minimum Gasteiger partial charge on any atom is -0.474 e. The number of carbonyl (C=O) groups excluding carboxylic acids is 1. The summed E-state index contributed by atoms with van der Waals surface area (Å²) < 4.78 is 16.9. The van der Waals surface area contributed by atoms with Crippen LogP contribution in [0.5, 0.6) is 11.8 Å². The number of rotatable bonds is 10. The van der Waals surface area contributed by atoms with Crippen molar-refractivity contribution in [2.75, 3.05) is 19.0 Å². The van der Waals surface area contributed by atoms with Gasteiger partial charge in [-0.15, -0.1) is 11.3 Å². The first-order valence-electron chi connectivity index (χ1n) is 9.62. The maximum Gasteiger partial charge on any atom is 0.257 e. The zero-order chi connectivity index (χ0) is 21.3. The van der Waals surface area contributed by atoms with Crippen LogP contribution in [0.4, 0.5) is 5.13 Å². The Bertz CT molecular complexity index is 935. The van der Waals surface area contributed by atoms with E-state index in [9.17, 15) is 4.79 Å². The van der Waals surface area contributed by atoms with E-state index in [0.29, 0.717) is 35.5 Å². The van der Waals surface area contributed by atoms with Crippen molar-refractivity contribution in [1.29, 1.82) is 0 Å². The molecular formula is C22H25N3O4S. The molecule has 0 radical (unpaired) electrons. The molecule has 0 aliphatic carbocycles. The standard InChI is InChI=1S/C22H25N3O4S/c1-15(11-17-7-5-4-6-8-17)28-19-12-18(21(26)25-22-23-9-10-30-22)13-20(24-19)29-16(2)14-27-3/h4-10,12-13,15-16H,11,14H2,1-3H3,(H,23,25,26). The van der Waals surface area contributed by atoms with Crippen LogP contribution in [0.25, 0.3) is 0 Å². The van der Waals surface area contributed by atoms with E-state index in [2.05, 4.69) is 15.3 Å². The van der Waals surface area contributed by atoms with E-state index in [-0.39, 0.29) is 18.1 Å². The van der Waals surface area contributed by atoms with Crippen molar-refractivity contribution >= 4 is 22.4 Å². The molecule has 0 saturated heterocycles. The summed E-state index contributed by atoms with van der Waals surface area (Å²) in [6, 6.07) is 13.3. The van der Waals surface area contributed by atoms with E-state index in [1.807, 2.05) is 44.2 Å². The maximum atomic E-state index is 12.7. The van der Waals surface area contributed by atoms with Crippen molar-refractivity contribution in [1.82, 2.24) is 9.97 Å². The van der Waals surface area contributed by atoms with E-state index >= 15 is 0 Å². The van der Waals surface area contributed by atoms with Crippen molar-refractivity contribution in [3.63, 3.8) is 0 Å². The Hall–Kier alpha value is -2.97. The summed E-state index contributed by atoms with van der Waals surface area (Å²) in [5.74, 6) is 0.315. The van der Waals surface area contributed by atoms with Crippen molar-refractivity contribution in [3.8, 4) is 11.8 Å². The van der Waals surface area contributed by atoms with Gasteiger partial charge < -0.3 is 14.2 Å². The van der Waals surface area contributed by atoms with Crippen molar-refractivity contribution in [2.24, 2.45) is 0 Å². The van der Waals surface area contributed by atoms with Crippen LogP contribution >= 0.6 is 11.3 Å². The van der Waals surface area contributed by atoms with Gasteiger partial charge in [0.2, 0.25) is 11.8 Å². The number of benzene rings is 1. The Morgan fingerprint density at radius 3 is 2.43 bits per heavy atom. The molecule has 0 bridgehead atoms. The van der Waals surface area contributed by atoms with Gasteiger partial charge in [-0.05, 0) is 19.4 Å². The molecule has 1 amide bonds. The molecular weight excluding hydrogens is 402 g/mol. The van der Waals surface area contributed by atoms with Gasteiger partial charge in [0.1, 0.15) is 12.2 Å². The first-order valence-corrected chi connectivity index (χ1v) is 10.5. The predicted molar refractivity (Wildman–Crippen MR) is 117 cm³/mol. The fraction of sp³-hybridized carbons (Fsp3) is 0.318. The van der Waals surface area contributed by atoms with Crippen LogP contribution in [0.2, 0.25) is 0 Å². The summed E-state index contributed by atoms with van der Waals surface area (Å²) in [5, 5.41) is 5.08. The van der Waals surface area contributed by atoms with E-state index in [1.165, 1.54) is 11.3 Å². The van der Waals surface area contributed by atoms with Gasteiger partial charge in [-0.25, -0.2) is 4.98 Å². The lowest BCUT2D eigenvalue weighted by Crippen LogP contribution is -2.21. The monoisotopic (exact) mass is 427 g/mol. The highest BCUT2D eigenvalue weighted by Gasteiger charge is 2.16. The average molecular weight is 428 g/mol. The normalized spacial score (nSPS) is 12.8. The molecule has 30 heavy (non-hydrogen) atoms. The van der Waals surface area contributed by atoms with Crippen molar-refractivity contribution < 1.29 is 19.0 Å². The van der Waals surface area contributed by atoms with Gasteiger partial charge in [-0.2, -0.15) is 4.98 Å². The SMILES string of the molecule is COCC(C)Oc1cc(C(=O)Nc2nccs2)cc(OC(C)Cc2ccccc2)n1. The van der Waals surface area contributed by atoms with Gasteiger partial charge in [0.25, 0.3) is 5.91 Å². The van der Waals surface area contributed by atoms with E-state index in [1.54, 1.807) is 30.8 Å². The van der Waals surface area contributed by atoms with Crippen LogP contribution in [0.15, 0.2) is 54.0 Å². The molecule has 0 aliphatic heterocycles. The summed E-state index contributed by atoms with van der Waals surface area (Å²) in [6.07, 6.45) is 1.98. The average Bonchev–Trinajstić information content (AvgIpc) is 3.21. The number of anilines is 1. The van der Waals surface area contributed by atoms with Gasteiger partial charge >= 0.3 is 0 Å². The molecule has 8 heteroatoms. The third-order valence-electron chi connectivity index (χ3n) is 4.10. The molecule has 0 saturated carbocycles. The molecule has 0 spiro atoms. The Balaban J connectivity index is 1.78. The fourth-order valence-corrected chi connectivity index (χ4v) is 3.38. The van der Waals surface area contributed by atoms with Crippen molar-refractivity contribution in [3.05, 3.63) is 65.2 Å². The lowest BCUT2D eigenvalue weighted by atomic mass is 10.1. The summed E-state index contributed by atoms with van der Waals surface area (Å²) in [6.45, 7) is 4.23. The summed E-state index contributed by atoms with van der Waals surface area (Å²) in [7, 11) is 1.60. The third kappa shape index (κ3) is 6.53. The van der Waals surface area contributed by atoms with E-state index < -0.39 is 0 Å². The molecule has 0 aliphatic rings. The molecule has 158 valence electrons. The molecule has 7 nitrogen and oxygen atoms in total. The van der Waals surface area contributed by atoms with Crippen molar-refractivity contribution in [2.45, 2.75) is 32.5 Å². The molecule has 2 unspecified atom stereocenters. The number of nitrogens with one attached hydrogen (secondary N) is 1. The zero-order valence-electron chi connectivity index (χ0n) is 17.2. The number of ether oxygens (including phenoxy) is 3. The van der Waals surface area contributed by atoms with Gasteiger partial charge in [-0.1, -0.05) is 30.3 Å². The minimum absolute atomic E-state index is 0.138. The number of methoxy groups -OCH3 is 1. The Morgan fingerprint density at radius 1 is 1.10 bits per heavy atom.